The van der Waals surface area contributed by atoms with Gasteiger partial charge in [0.1, 0.15) is 22.1 Å². The Balaban J connectivity index is 1.79. The molecule has 2 heterocycles. The van der Waals surface area contributed by atoms with Gasteiger partial charge in [-0.25, -0.2) is 4.79 Å². The Morgan fingerprint density at radius 1 is 1.27 bits per heavy atom. The number of carbonyl (C=O) groups is 1. The van der Waals surface area contributed by atoms with E-state index in [-0.39, 0.29) is 12.6 Å². The predicted molar refractivity (Wildman–Crippen MR) is 104 cm³/mol. The first-order chi connectivity index (χ1) is 12.4. The van der Waals surface area contributed by atoms with Gasteiger partial charge in [0.25, 0.3) is 0 Å². The number of nitrogens with zero attached hydrogens (tertiary/aromatic N) is 2. The molecular formula is C20H24N2O3S. The van der Waals surface area contributed by atoms with Crippen LogP contribution in [0.2, 0.25) is 0 Å². The number of aryl methyl sites for hydroxylation is 2. The van der Waals surface area contributed by atoms with Crippen molar-refractivity contribution < 1.29 is 14.3 Å². The van der Waals surface area contributed by atoms with Gasteiger partial charge in [-0.1, -0.05) is 25.5 Å². The zero-order valence-electron chi connectivity index (χ0n) is 15.8. The quantitative estimate of drug-likeness (QED) is 0.587. The Morgan fingerprint density at radius 3 is 2.73 bits per heavy atom. The maximum atomic E-state index is 12.5. The van der Waals surface area contributed by atoms with Crippen LogP contribution in [0.25, 0.3) is 10.2 Å². The standard InChI is InChI=1S/C20H24N2O3S/c1-12(2)10-22-19-16(14(4)21-22)9-18(26-19)20(23)25-11-15-8-13(3)6-7-17(15)24-5/h6-9,12H,10-11H2,1-5H3. The molecule has 0 spiro atoms. The number of fused-ring (bicyclic) bond motifs is 1. The summed E-state index contributed by atoms with van der Waals surface area (Å²) in [6, 6.07) is 7.72. The minimum atomic E-state index is -0.315. The van der Waals surface area contributed by atoms with E-state index in [9.17, 15) is 4.79 Å². The number of thiophene rings is 1. The van der Waals surface area contributed by atoms with Crippen molar-refractivity contribution >= 4 is 27.5 Å². The largest absolute Gasteiger partial charge is 0.496 e. The van der Waals surface area contributed by atoms with Crippen molar-refractivity contribution in [3.63, 3.8) is 0 Å². The Kier molecular flexibility index (Phi) is 5.32. The summed E-state index contributed by atoms with van der Waals surface area (Å²) < 4.78 is 12.9. The van der Waals surface area contributed by atoms with Crippen LogP contribution >= 0.6 is 11.3 Å². The van der Waals surface area contributed by atoms with Gasteiger partial charge in [-0.05, 0) is 38.0 Å². The lowest BCUT2D eigenvalue weighted by Gasteiger charge is -2.09. The summed E-state index contributed by atoms with van der Waals surface area (Å²) in [6.45, 7) is 9.30. The summed E-state index contributed by atoms with van der Waals surface area (Å²) in [4.78, 5) is 14.2. The minimum Gasteiger partial charge on any atom is -0.496 e. The van der Waals surface area contributed by atoms with Crippen LogP contribution in [0.1, 0.15) is 40.3 Å². The Morgan fingerprint density at radius 2 is 2.04 bits per heavy atom. The second kappa shape index (κ2) is 7.50. The van der Waals surface area contributed by atoms with Gasteiger partial charge in [0.05, 0.1) is 12.8 Å². The topological polar surface area (TPSA) is 53.4 Å². The van der Waals surface area contributed by atoms with Crippen LogP contribution in [0.5, 0.6) is 5.75 Å². The summed E-state index contributed by atoms with van der Waals surface area (Å²) in [5, 5.41) is 5.60. The van der Waals surface area contributed by atoms with Crippen molar-refractivity contribution in [2.24, 2.45) is 5.92 Å². The van der Waals surface area contributed by atoms with Crippen LogP contribution in [-0.2, 0) is 17.9 Å². The molecule has 26 heavy (non-hydrogen) atoms. The number of carbonyl (C=O) groups excluding carboxylic acids is 1. The highest BCUT2D eigenvalue weighted by molar-refractivity contribution is 7.20. The summed E-state index contributed by atoms with van der Waals surface area (Å²) in [5.74, 6) is 0.900. The molecule has 0 bridgehead atoms. The number of ether oxygens (including phenoxy) is 2. The molecule has 6 heteroatoms. The molecule has 3 rings (SSSR count). The normalized spacial score (nSPS) is 11.3. The fraction of sp³-hybridized carbons (Fsp3) is 0.400. The SMILES string of the molecule is COc1ccc(C)cc1COC(=O)c1cc2c(C)nn(CC(C)C)c2s1. The van der Waals surface area contributed by atoms with E-state index in [4.69, 9.17) is 9.47 Å². The average molecular weight is 372 g/mol. The van der Waals surface area contributed by atoms with Gasteiger partial charge >= 0.3 is 5.97 Å². The lowest BCUT2D eigenvalue weighted by molar-refractivity contribution is 0.0476. The number of hydrogen-bond donors (Lipinski definition) is 0. The van der Waals surface area contributed by atoms with Gasteiger partial charge in [-0.2, -0.15) is 5.10 Å². The third kappa shape index (κ3) is 3.75. The highest BCUT2D eigenvalue weighted by atomic mass is 32.1. The smallest absolute Gasteiger partial charge is 0.348 e. The van der Waals surface area contributed by atoms with E-state index in [0.29, 0.717) is 10.8 Å². The first-order valence-corrected chi connectivity index (χ1v) is 9.48. The van der Waals surface area contributed by atoms with E-state index in [2.05, 4.69) is 18.9 Å². The fourth-order valence-electron chi connectivity index (χ4n) is 2.92. The van der Waals surface area contributed by atoms with Gasteiger partial charge in [-0.3, -0.25) is 4.68 Å². The van der Waals surface area contributed by atoms with Gasteiger partial charge in [0, 0.05) is 17.5 Å². The molecule has 0 aliphatic carbocycles. The molecule has 3 aromatic rings. The predicted octanol–water partition coefficient (Wildman–Crippen LogP) is 4.74. The molecule has 0 N–H and O–H groups in total. The molecule has 0 saturated carbocycles. The average Bonchev–Trinajstić information content (AvgIpc) is 3.14. The van der Waals surface area contributed by atoms with Crippen LogP contribution in [0.15, 0.2) is 24.3 Å². The van der Waals surface area contributed by atoms with E-state index < -0.39 is 0 Å². The molecule has 0 radical (unpaired) electrons. The number of rotatable bonds is 6. The molecule has 0 aliphatic heterocycles. The molecule has 1 aromatic carbocycles. The molecule has 0 unspecified atom stereocenters. The van der Waals surface area contributed by atoms with E-state index >= 15 is 0 Å². The lowest BCUT2D eigenvalue weighted by Crippen LogP contribution is -2.06. The Hall–Kier alpha value is -2.34. The number of esters is 1. The van der Waals surface area contributed by atoms with Gasteiger partial charge in [-0.15, -0.1) is 11.3 Å². The fourth-order valence-corrected chi connectivity index (χ4v) is 3.98. The summed E-state index contributed by atoms with van der Waals surface area (Å²) in [6.07, 6.45) is 0. The number of hydrogen-bond acceptors (Lipinski definition) is 5. The molecule has 0 fully saturated rings. The monoisotopic (exact) mass is 372 g/mol. The number of benzene rings is 1. The highest BCUT2D eigenvalue weighted by Gasteiger charge is 2.18. The first kappa shape index (κ1) is 18.5. The molecule has 5 nitrogen and oxygen atoms in total. The van der Waals surface area contributed by atoms with Crippen molar-refractivity contribution in [1.29, 1.82) is 0 Å². The van der Waals surface area contributed by atoms with E-state index in [1.807, 2.05) is 42.8 Å². The van der Waals surface area contributed by atoms with Crippen LogP contribution in [0.4, 0.5) is 0 Å². The molecule has 0 amide bonds. The lowest BCUT2D eigenvalue weighted by atomic mass is 10.1. The zero-order valence-corrected chi connectivity index (χ0v) is 16.6. The van der Waals surface area contributed by atoms with Crippen LogP contribution in [-0.4, -0.2) is 22.9 Å². The van der Waals surface area contributed by atoms with Crippen LogP contribution < -0.4 is 4.74 Å². The van der Waals surface area contributed by atoms with Gasteiger partial charge in [0.15, 0.2) is 0 Å². The van der Waals surface area contributed by atoms with Crippen molar-refractivity contribution in [3.8, 4) is 5.75 Å². The Bertz CT molecular complexity index is 940. The number of methoxy groups -OCH3 is 1. The summed E-state index contributed by atoms with van der Waals surface area (Å²) in [7, 11) is 1.62. The van der Waals surface area contributed by atoms with Crippen molar-refractivity contribution in [3.05, 3.63) is 46.0 Å². The second-order valence-electron chi connectivity index (χ2n) is 6.88. The zero-order chi connectivity index (χ0) is 18.8. The molecule has 138 valence electrons. The van der Waals surface area contributed by atoms with E-state index in [1.165, 1.54) is 11.3 Å². The first-order valence-electron chi connectivity index (χ1n) is 8.66. The summed E-state index contributed by atoms with van der Waals surface area (Å²) >= 11 is 1.44. The van der Waals surface area contributed by atoms with Crippen molar-refractivity contribution in [1.82, 2.24) is 9.78 Å². The second-order valence-corrected chi connectivity index (χ2v) is 7.91. The van der Waals surface area contributed by atoms with Crippen LogP contribution in [0, 0.1) is 19.8 Å². The van der Waals surface area contributed by atoms with E-state index in [1.54, 1.807) is 7.11 Å². The third-order valence-corrected chi connectivity index (χ3v) is 5.27. The van der Waals surface area contributed by atoms with Gasteiger partial charge < -0.3 is 9.47 Å². The maximum Gasteiger partial charge on any atom is 0.348 e. The molecule has 0 atom stereocenters. The number of aromatic nitrogens is 2. The van der Waals surface area contributed by atoms with E-state index in [0.717, 1.165) is 39.3 Å². The van der Waals surface area contributed by atoms with Gasteiger partial charge in [0.2, 0.25) is 0 Å². The van der Waals surface area contributed by atoms with Crippen molar-refractivity contribution in [2.75, 3.05) is 7.11 Å². The molecule has 0 aliphatic rings. The van der Waals surface area contributed by atoms with Crippen LogP contribution in [0.3, 0.4) is 0 Å². The highest BCUT2D eigenvalue weighted by Crippen LogP contribution is 2.30. The Labute approximate surface area is 157 Å². The van der Waals surface area contributed by atoms with Crippen molar-refractivity contribution in [2.45, 2.75) is 40.8 Å². The third-order valence-electron chi connectivity index (χ3n) is 4.14. The minimum absolute atomic E-state index is 0.190. The summed E-state index contributed by atoms with van der Waals surface area (Å²) in [5.41, 5.74) is 2.91. The molecule has 2 aromatic heterocycles. The molecular weight excluding hydrogens is 348 g/mol. The molecule has 0 saturated heterocycles. The maximum absolute atomic E-state index is 12.5.